The van der Waals surface area contributed by atoms with Crippen LogP contribution in [0.25, 0.3) is 10.9 Å². The van der Waals surface area contributed by atoms with E-state index in [0.29, 0.717) is 51.1 Å². The molecule has 0 unspecified atom stereocenters. The number of pyridine rings is 1. The Balaban J connectivity index is 1.12. The number of fused-ring (bicyclic) bond motifs is 3. The van der Waals surface area contributed by atoms with E-state index in [0.717, 1.165) is 32.1 Å². The number of methoxy groups -OCH3 is 1. The zero-order chi connectivity index (χ0) is 35.3. The predicted octanol–water partition coefficient (Wildman–Crippen LogP) is 7.83. The van der Waals surface area contributed by atoms with Crippen LogP contribution < -0.4 is 24.8 Å². The van der Waals surface area contributed by atoms with Crippen LogP contribution >= 0.6 is 0 Å². The Morgan fingerprint density at radius 2 is 1.68 bits per heavy atom. The number of amides is 2. The van der Waals surface area contributed by atoms with Crippen molar-refractivity contribution in [3.63, 3.8) is 0 Å². The van der Waals surface area contributed by atoms with Crippen LogP contribution in [0, 0.1) is 5.92 Å². The summed E-state index contributed by atoms with van der Waals surface area (Å²) in [6.45, 7) is 5.37. The highest BCUT2D eigenvalue weighted by molar-refractivity contribution is 6.04. The maximum atomic E-state index is 13.4. The molecule has 6 rings (SSSR count). The highest BCUT2D eigenvalue weighted by Gasteiger charge is 2.48. The van der Waals surface area contributed by atoms with Crippen LogP contribution in [0.1, 0.15) is 69.7 Å². The molecule has 3 aromatic carbocycles. The summed E-state index contributed by atoms with van der Waals surface area (Å²) in [5.74, 6) is 1.89. The average Bonchev–Trinajstić information content (AvgIpc) is 3.69. The highest BCUT2D eigenvalue weighted by atomic mass is 16.6. The van der Waals surface area contributed by atoms with Crippen molar-refractivity contribution in [2.75, 3.05) is 19.0 Å². The number of alkyl carbamates (subject to hydrolysis) is 1. The number of benzene rings is 3. The van der Waals surface area contributed by atoms with Crippen molar-refractivity contribution in [2.24, 2.45) is 5.92 Å². The first-order valence-electron chi connectivity index (χ1n) is 17.0. The van der Waals surface area contributed by atoms with Gasteiger partial charge >= 0.3 is 12.1 Å². The van der Waals surface area contributed by atoms with Gasteiger partial charge in [0, 0.05) is 35.3 Å². The van der Waals surface area contributed by atoms with Crippen molar-refractivity contribution in [1.29, 1.82) is 0 Å². The maximum absolute atomic E-state index is 13.4. The summed E-state index contributed by atoms with van der Waals surface area (Å²) in [5.41, 5.74) is 0.638. The van der Waals surface area contributed by atoms with E-state index in [-0.39, 0.29) is 18.9 Å². The molecule has 1 heterocycles. The standard InChI is InChI=1S/C39H43N3O8/c1-38(2,3)50-37(45)42-30(36(44)49-39-18-14-25(24-39)15-19-39)17-21-47-34-23-31-29(22-33(34)46-4)32(16-20-40-31)48-28-12-10-27(11-13-28)41-35(43)26-8-6-5-7-9-26/h5-13,16,20,22-23,25,30H,14-15,17-19,21,24H2,1-4H3,(H,41,43)(H,42,45)/t25-,30-,39-/m0/s1. The fourth-order valence-corrected chi connectivity index (χ4v) is 6.57. The first-order chi connectivity index (χ1) is 24.0. The minimum Gasteiger partial charge on any atom is -0.493 e. The summed E-state index contributed by atoms with van der Waals surface area (Å²) in [7, 11) is 1.54. The van der Waals surface area contributed by atoms with Crippen molar-refractivity contribution in [3.8, 4) is 23.0 Å². The van der Waals surface area contributed by atoms with Crippen LogP contribution in [0.15, 0.2) is 79.0 Å². The van der Waals surface area contributed by atoms with Crippen LogP contribution in [0.5, 0.6) is 23.0 Å². The van der Waals surface area contributed by atoms with Gasteiger partial charge in [-0.05, 0) is 107 Å². The molecule has 11 nitrogen and oxygen atoms in total. The summed E-state index contributed by atoms with van der Waals surface area (Å²) in [5, 5.41) is 6.27. The molecule has 0 aliphatic heterocycles. The Morgan fingerprint density at radius 1 is 0.940 bits per heavy atom. The van der Waals surface area contributed by atoms with Gasteiger partial charge < -0.3 is 34.3 Å². The lowest BCUT2D eigenvalue weighted by Gasteiger charge is -2.30. The van der Waals surface area contributed by atoms with E-state index in [1.54, 1.807) is 81.6 Å². The lowest BCUT2D eigenvalue weighted by Crippen LogP contribution is -2.47. The molecule has 2 aliphatic rings. The van der Waals surface area contributed by atoms with Gasteiger partial charge in [-0.15, -0.1) is 0 Å². The van der Waals surface area contributed by atoms with E-state index < -0.39 is 29.3 Å². The fourth-order valence-electron chi connectivity index (χ4n) is 6.57. The largest absolute Gasteiger partial charge is 0.493 e. The molecule has 0 spiro atoms. The number of aromatic nitrogens is 1. The first kappa shape index (κ1) is 34.5. The van der Waals surface area contributed by atoms with Gasteiger partial charge in [-0.2, -0.15) is 0 Å². The number of nitrogens with zero attached hydrogens (tertiary/aromatic N) is 1. The van der Waals surface area contributed by atoms with Crippen molar-refractivity contribution >= 4 is 34.6 Å². The van der Waals surface area contributed by atoms with Gasteiger partial charge in [0.2, 0.25) is 0 Å². The average molecular weight is 682 g/mol. The van der Waals surface area contributed by atoms with E-state index in [1.807, 2.05) is 18.2 Å². The summed E-state index contributed by atoms with van der Waals surface area (Å²) in [4.78, 5) is 43.1. The molecule has 2 fully saturated rings. The van der Waals surface area contributed by atoms with Gasteiger partial charge in [0.05, 0.1) is 19.2 Å². The molecule has 2 bridgehead atoms. The second kappa shape index (κ2) is 14.7. The van der Waals surface area contributed by atoms with Crippen LogP contribution in [-0.2, 0) is 14.3 Å². The van der Waals surface area contributed by atoms with Crippen LogP contribution in [0.4, 0.5) is 10.5 Å². The Kier molecular flexibility index (Phi) is 10.1. The quantitative estimate of drug-likeness (QED) is 0.144. The van der Waals surface area contributed by atoms with E-state index >= 15 is 0 Å². The van der Waals surface area contributed by atoms with Gasteiger partial charge in [0.15, 0.2) is 11.5 Å². The third kappa shape index (κ3) is 8.45. The molecule has 0 radical (unpaired) electrons. The van der Waals surface area contributed by atoms with Crippen LogP contribution in [-0.4, -0.2) is 53.9 Å². The number of hydrogen-bond acceptors (Lipinski definition) is 9. The zero-order valence-electron chi connectivity index (χ0n) is 28.8. The number of carbonyl (C=O) groups excluding carboxylic acids is 3. The third-order valence-electron chi connectivity index (χ3n) is 9.00. The molecule has 2 N–H and O–H groups in total. The normalized spacial score (nSPS) is 18.6. The van der Waals surface area contributed by atoms with Crippen LogP contribution in [0.3, 0.4) is 0 Å². The fraction of sp³-hybridized carbons (Fsp3) is 0.385. The lowest BCUT2D eigenvalue weighted by molar-refractivity contribution is -0.161. The van der Waals surface area contributed by atoms with E-state index in [4.69, 9.17) is 23.7 Å². The van der Waals surface area contributed by atoms with Crippen molar-refractivity contribution in [2.45, 2.75) is 76.5 Å². The van der Waals surface area contributed by atoms with Crippen LogP contribution in [0.2, 0.25) is 0 Å². The predicted molar refractivity (Wildman–Crippen MR) is 188 cm³/mol. The molecule has 2 aliphatic carbocycles. The second-order valence-corrected chi connectivity index (χ2v) is 13.9. The highest BCUT2D eigenvalue weighted by Crippen LogP contribution is 2.50. The Labute approximate surface area is 291 Å². The molecule has 262 valence electrons. The molecule has 0 saturated heterocycles. The maximum Gasteiger partial charge on any atom is 0.408 e. The van der Waals surface area contributed by atoms with Crippen molar-refractivity contribution < 1.29 is 38.1 Å². The molecule has 4 aromatic rings. The van der Waals surface area contributed by atoms with E-state index in [9.17, 15) is 14.4 Å². The lowest BCUT2D eigenvalue weighted by atomic mass is 9.97. The summed E-state index contributed by atoms with van der Waals surface area (Å²) < 4.78 is 29.5. The van der Waals surface area contributed by atoms with Crippen molar-refractivity contribution in [1.82, 2.24) is 10.3 Å². The van der Waals surface area contributed by atoms with Gasteiger partial charge in [-0.3, -0.25) is 9.78 Å². The summed E-state index contributed by atoms with van der Waals surface area (Å²) >= 11 is 0. The zero-order valence-corrected chi connectivity index (χ0v) is 28.8. The Bertz CT molecular complexity index is 1830. The van der Waals surface area contributed by atoms with Gasteiger partial charge in [0.1, 0.15) is 28.7 Å². The minimum absolute atomic E-state index is 0.0798. The smallest absolute Gasteiger partial charge is 0.408 e. The first-order valence-corrected chi connectivity index (χ1v) is 17.0. The second-order valence-electron chi connectivity index (χ2n) is 13.9. The molecule has 2 saturated carbocycles. The number of ether oxygens (including phenoxy) is 5. The van der Waals surface area contributed by atoms with E-state index in [2.05, 4.69) is 15.6 Å². The number of anilines is 1. The number of esters is 1. The SMILES string of the molecule is COc1cc2c(Oc3ccc(NC(=O)c4ccccc4)cc3)ccnc2cc1OCC[C@H](NC(=O)OC(C)(C)C)C(=O)O[C@]12CC[C@H](CC1)C2. The number of nitrogens with one attached hydrogen (secondary N) is 2. The molecular formula is C39H43N3O8. The number of carbonyl (C=O) groups is 3. The van der Waals surface area contributed by atoms with Gasteiger partial charge in [0.25, 0.3) is 5.91 Å². The molecule has 11 heteroatoms. The summed E-state index contributed by atoms with van der Waals surface area (Å²) in [6, 6.07) is 20.4. The minimum atomic E-state index is -0.957. The van der Waals surface area contributed by atoms with Gasteiger partial charge in [-0.25, -0.2) is 9.59 Å². The number of rotatable bonds is 12. The molecule has 50 heavy (non-hydrogen) atoms. The van der Waals surface area contributed by atoms with E-state index in [1.165, 1.54) is 7.11 Å². The monoisotopic (exact) mass is 681 g/mol. The summed E-state index contributed by atoms with van der Waals surface area (Å²) in [6.07, 6.45) is 5.79. The Morgan fingerprint density at radius 3 is 2.34 bits per heavy atom. The topological polar surface area (TPSA) is 134 Å². The Hall–Kier alpha value is -5.32. The molecule has 2 amide bonds. The molecule has 1 atom stereocenters. The number of hydrogen-bond donors (Lipinski definition) is 2. The molecule has 1 aromatic heterocycles. The molecular weight excluding hydrogens is 638 g/mol. The van der Waals surface area contributed by atoms with Crippen molar-refractivity contribution in [3.05, 3.63) is 84.6 Å². The van der Waals surface area contributed by atoms with Gasteiger partial charge in [-0.1, -0.05) is 18.2 Å². The third-order valence-corrected chi connectivity index (χ3v) is 9.00.